The number of ether oxygens (including phenoxy) is 1. The summed E-state index contributed by atoms with van der Waals surface area (Å²) in [5.74, 6) is 0.818. The Morgan fingerprint density at radius 3 is 2.14 bits per heavy atom. The van der Waals surface area contributed by atoms with Gasteiger partial charge in [-0.1, -0.05) is 19.1 Å². The first-order valence-corrected chi connectivity index (χ1v) is 9.37. The molecule has 0 atom stereocenters. The van der Waals surface area contributed by atoms with Gasteiger partial charge < -0.3 is 4.74 Å². The van der Waals surface area contributed by atoms with Gasteiger partial charge in [0.15, 0.2) is 0 Å². The molecule has 1 aromatic rings. The number of benzene rings is 1. The quantitative estimate of drug-likeness (QED) is 0.602. The maximum absolute atomic E-state index is 5.84. The largest absolute Gasteiger partial charge is 0.494 e. The van der Waals surface area contributed by atoms with E-state index in [-0.39, 0.29) is 0 Å². The van der Waals surface area contributed by atoms with E-state index < -0.39 is 6.00 Å². The van der Waals surface area contributed by atoms with Crippen molar-refractivity contribution in [3.05, 3.63) is 24.3 Å². The lowest BCUT2D eigenvalue weighted by atomic mass is 10.3. The van der Waals surface area contributed by atoms with Gasteiger partial charge in [-0.2, -0.15) is 0 Å². The molecule has 0 bridgehead atoms. The second-order valence-electron chi connectivity index (χ2n) is 2.87. The molecule has 0 saturated heterocycles. The van der Waals surface area contributed by atoms with Crippen LogP contribution in [0.4, 0.5) is 0 Å². The molecule has 0 fully saturated rings. The molecule has 5 heteroatoms. The molecule has 0 aliphatic carbocycles. The molecule has 0 unspecified atom stereocenters. The van der Waals surface area contributed by atoms with Crippen LogP contribution in [0.2, 0.25) is 0 Å². The van der Waals surface area contributed by atoms with E-state index >= 15 is 0 Å². The fraction of sp³-hybridized carbons (Fsp3) is 0.333. The van der Waals surface area contributed by atoms with Crippen LogP contribution in [0.1, 0.15) is 13.3 Å². The van der Waals surface area contributed by atoms with E-state index in [0.29, 0.717) is 6.61 Å². The minimum atomic E-state index is -2.73. The number of halogens is 3. The fourth-order valence-corrected chi connectivity index (χ4v) is 2.64. The molecule has 1 rings (SSSR count). The summed E-state index contributed by atoms with van der Waals surface area (Å²) in [5, 5.41) is 0.784. The summed E-state index contributed by atoms with van der Waals surface area (Å²) in [4.78, 5) is 0. The lowest BCUT2D eigenvalue weighted by Gasteiger charge is -2.09. The highest BCUT2D eigenvalue weighted by molar-refractivity contribution is 7.69. The molecule has 0 saturated carbocycles. The fourth-order valence-electron chi connectivity index (χ4n) is 0.960. The summed E-state index contributed by atoms with van der Waals surface area (Å²) in [6, 6.07) is 4.56. The van der Waals surface area contributed by atoms with Gasteiger partial charge in [0.25, 0.3) is 0 Å². The summed E-state index contributed by atoms with van der Waals surface area (Å²) >= 11 is 17.5. The monoisotopic (exact) mass is 268 g/mol. The average molecular weight is 270 g/mol. The van der Waals surface area contributed by atoms with Crippen LogP contribution < -0.4 is 9.92 Å². The zero-order chi connectivity index (χ0) is 10.6. The van der Waals surface area contributed by atoms with Crippen molar-refractivity contribution in [2.75, 3.05) is 6.61 Å². The van der Waals surface area contributed by atoms with Gasteiger partial charge in [0.2, 0.25) is 0 Å². The second kappa shape index (κ2) is 5.26. The molecule has 14 heavy (non-hydrogen) atoms. The predicted molar refractivity (Wildman–Crippen MR) is 65.2 cm³/mol. The Kier molecular flexibility index (Phi) is 4.58. The number of hydrogen-bond donors (Lipinski definition) is 0. The van der Waals surface area contributed by atoms with Gasteiger partial charge in [-0.3, -0.25) is 0 Å². The Morgan fingerprint density at radius 1 is 1.14 bits per heavy atom. The normalized spacial score (nSPS) is 11.4. The minimum Gasteiger partial charge on any atom is -0.494 e. The lowest BCUT2D eigenvalue weighted by Crippen LogP contribution is -2.29. The average Bonchev–Trinajstić information content (AvgIpc) is 2.14. The third kappa shape index (κ3) is 3.69. The van der Waals surface area contributed by atoms with Crippen molar-refractivity contribution in [1.29, 1.82) is 0 Å². The molecule has 0 amide bonds. The summed E-state index contributed by atoms with van der Waals surface area (Å²) in [6.07, 6.45) is 0.987. The van der Waals surface area contributed by atoms with Crippen molar-refractivity contribution < 1.29 is 4.74 Å². The van der Waals surface area contributed by atoms with Crippen LogP contribution in [0, 0.1) is 0 Å². The van der Waals surface area contributed by atoms with Gasteiger partial charge in [-0.25, -0.2) is 0 Å². The maximum atomic E-state index is 5.84. The lowest BCUT2D eigenvalue weighted by molar-refractivity contribution is 0.317. The summed E-state index contributed by atoms with van der Waals surface area (Å²) < 4.78 is 5.41. The maximum Gasteiger partial charge on any atom is 0.372 e. The molecule has 78 valence electrons. The smallest absolute Gasteiger partial charge is 0.372 e. The van der Waals surface area contributed by atoms with E-state index in [1.165, 1.54) is 0 Å². The first-order valence-electron chi connectivity index (χ1n) is 4.34. The Labute approximate surface area is 99.0 Å². The highest BCUT2D eigenvalue weighted by Gasteiger charge is 2.27. The topological polar surface area (TPSA) is 9.23 Å². The van der Waals surface area contributed by atoms with Gasteiger partial charge in [-0.05, 0) is 23.7 Å². The van der Waals surface area contributed by atoms with Crippen molar-refractivity contribution in [2.24, 2.45) is 0 Å². The molecular formula is C9H11Cl3OSi. The molecule has 1 aromatic carbocycles. The van der Waals surface area contributed by atoms with E-state index in [2.05, 4.69) is 6.92 Å². The molecule has 1 nitrogen and oxygen atoms in total. The molecular weight excluding hydrogens is 259 g/mol. The van der Waals surface area contributed by atoms with Gasteiger partial charge in [0.1, 0.15) is 5.75 Å². The molecule has 0 spiro atoms. The second-order valence-corrected chi connectivity index (χ2v) is 11.3. The van der Waals surface area contributed by atoms with Crippen molar-refractivity contribution in [3.8, 4) is 5.75 Å². The molecule has 0 aromatic heterocycles. The Bertz CT molecular complexity index is 281. The van der Waals surface area contributed by atoms with Crippen LogP contribution in [-0.2, 0) is 0 Å². The highest BCUT2D eigenvalue weighted by Crippen LogP contribution is 2.20. The van der Waals surface area contributed by atoms with Crippen LogP contribution in [0.5, 0.6) is 5.75 Å². The third-order valence-corrected chi connectivity index (χ3v) is 4.61. The van der Waals surface area contributed by atoms with Crippen LogP contribution in [0.15, 0.2) is 24.3 Å². The first kappa shape index (κ1) is 12.2. The standard InChI is InChI=1S/C9H11Cl3OSi/c1-2-7-13-8-3-5-9(6-4-8)14(10,11)12/h3-6H,2,7H2,1H3. The Hall–Kier alpha value is 0.107. The molecule has 0 aliphatic heterocycles. The van der Waals surface area contributed by atoms with Crippen LogP contribution in [0.3, 0.4) is 0 Å². The highest BCUT2D eigenvalue weighted by atomic mass is 35.8. The zero-order valence-corrected chi connectivity index (χ0v) is 11.0. The first-order chi connectivity index (χ1) is 6.54. The minimum absolute atomic E-state index is 0.713. The Morgan fingerprint density at radius 2 is 1.71 bits per heavy atom. The number of rotatable bonds is 4. The van der Waals surface area contributed by atoms with Gasteiger partial charge >= 0.3 is 6.00 Å². The van der Waals surface area contributed by atoms with E-state index in [4.69, 9.17) is 38.0 Å². The van der Waals surface area contributed by atoms with Crippen molar-refractivity contribution >= 4 is 44.4 Å². The van der Waals surface area contributed by atoms with Crippen molar-refractivity contribution in [3.63, 3.8) is 0 Å². The van der Waals surface area contributed by atoms with Gasteiger partial charge in [0.05, 0.1) is 6.61 Å². The molecule has 0 radical (unpaired) electrons. The molecule has 0 N–H and O–H groups in total. The Balaban J connectivity index is 2.69. The van der Waals surface area contributed by atoms with Crippen molar-refractivity contribution in [2.45, 2.75) is 13.3 Å². The van der Waals surface area contributed by atoms with Crippen molar-refractivity contribution in [1.82, 2.24) is 0 Å². The summed E-state index contributed by atoms with van der Waals surface area (Å²) in [6.45, 7) is 2.77. The van der Waals surface area contributed by atoms with Crippen LogP contribution >= 0.6 is 33.2 Å². The SMILES string of the molecule is CCCOc1ccc([Si](Cl)(Cl)Cl)cc1. The van der Waals surface area contributed by atoms with Gasteiger partial charge in [0, 0.05) is 0 Å². The number of hydrogen-bond acceptors (Lipinski definition) is 1. The third-order valence-electron chi connectivity index (χ3n) is 1.65. The van der Waals surface area contributed by atoms with Gasteiger partial charge in [-0.15, -0.1) is 33.2 Å². The van der Waals surface area contributed by atoms with E-state index in [1.54, 1.807) is 0 Å². The summed E-state index contributed by atoms with van der Waals surface area (Å²) in [7, 11) is 0. The van der Waals surface area contributed by atoms with E-state index in [1.807, 2.05) is 24.3 Å². The summed E-state index contributed by atoms with van der Waals surface area (Å²) in [5.41, 5.74) is 0. The van der Waals surface area contributed by atoms with E-state index in [9.17, 15) is 0 Å². The zero-order valence-electron chi connectivity index (χ0n) is 7.77. The van der Waals surface area contributed by atoms with Crippen LogP contribution in [-0.4, -0.2) is 12.6 Å². The molecule has 0 heterocycles. The van der Waals surface area contributed by atoms with E-state index in [0.717, 1.165) is 17.4 Å². The van der Waals surface area contributed by atoms with Crippen LogP contribution in [0.25, 0.3) is 0 Å². The predicted octanol–water partition coefficient (Wildman–Crippen LogP) is 3.34. The molecule has 0 aliphatic rings.